The van der Waals surface area contributed by atoms with Gasteiger partial charge < -0.3 is 24.7 Å². The molecule has 1 amide bonds. The van der Waals surface area contributed by atoms with Crippen molar-refractivity contribution in [1.29, 1.82) is 0 Å². The summed E-state index contributed by atoms with van der Waals surface area (Å²) >= 11 is 6.08. The number of nitrogens with zero attached hydrogens (tertiary/aromatic N) is 3. The third-order valence-electron chi connectivity index (χ3n) is 4.24. The first-order valence-corrected chi connectivity index (χ1v) is 9.16. The topological polar surface area (TPSA) is 92.5 Å². The Kier molecular flexibility index (Phi) is 5.41. The van der Waals surface area contributed by atoms with E-state index >= 15 is 0 Å². The fourth-order valence-corrected chi connectivity index (χ4v) is 2.99. The summed E-state index contributed by atoms with van der Waals surface area (Å²) in [6.45, 7) is 3.16. The lowest BCUT2D eigenvalue weighted by Crippen LogP contribution is -2.36. The zero-order valence-electron chi connectivity index (χ0n) is 14.9. The highest BCUT2D eigenvalue weighted by atomic mass is 35.5. The van der Waals surface area contributed by atoms with Crippen LogP contribution in [-0.2, 0) is 4.74 Å². The van der Waals surface area contributed by atoms with E-state index < -0.39 is 5.91 Å². The van der Waals surface area contributed by atoms with Crippen molar-refractivity contribution < 1.29 is 13.9 Å². The van der Waals surface area contributed by atoms with Crippen LogP contribution in [0.2, 0.25) is 5.02 Å². The third kappa shape index (κ3) is 4.24. The number of para-hydroxylation sites is 1. The number of carbonyl (C=O) groups is 1. The number of ether oxygens (including phenoxy) is 1. The van der Waals surface area contributed by atoms with Crippen LogP contribution in [0.15, 0.2) is 52.9 Å². The molecule has 3 aromatic rings. The molecule has 8 nitrogen and oxygen atoms in total. The molecule has 0 saturated carbocycles. The molecule has 2 N–H and O–H groups in total. The molecule has 28 heavy (non-hydrogen) atoms. The summed E-state index contributed by atoms with van der Waals surface area (Å²) in [5, 5.41) is 13.7. The second-order valence-electron chi connectivity index (χ2n) is 6.12. The van der Waals surface area contributed by atoms with Crippen LogP contribution in [-0.4, -0.2) is 42.4 Å². The Balaban J connectivity index is 1.38. The number of aromatic nitrogens is 2. The van der Waals surface area contributed by atoms with Gasteiger partial charge in [-0.2, -0.15) is 0 Å². The summed E-state index contributed by atoms with van der Waals surface area (Å²) in [6, 6.07) is 14.8. The Morgan fingerprint density at radius 1 is 1.04 bits per heavy atom. The highest BCUT2D eigenvalue weighted by molar-refractivity contribution is 6.33. The molecule has 144 valence electrons. The van der Waals surface area contributed by atoms with Crippen molar-refractivity contribution >= 4 is 40.6 Å². The maximum absolute atomic E-state index is 12.3. The van der Waals surface area contributed by atoms with Crippen LogP contribution in [0, 0.1) is 0 Å². The van der Waals surface area contributed by atoms with Crippen molar-refractivity contribution in [2.45, 2.75) is 0 Å². The molecule has 0 spiro atoms. The molecule has 0 atom stereocenters. The van der Waals surface area contributed by atoms with Gasteiger partial charge in [0.25, 0.3) is 0 Å². The summed E-state index contributed by atoms with van der Waals surface area (Å²) < 4.78 is 10.7. The lowest BCUT2D eigenvalue weighted by molar-refractivity contribution is 0.0991. The van der Waals surface area contributed by atoms with E-state index in [-0.39, 0.29) is 11.9 Å². The maximum Gasteiger partial charge on any atom is 0.320 e. The summed E-state index contributed by atoms with van der Waals surface area (Å²) in [7, 11) is 0. The van der Waals surface area contributed by atoms with Crippen LogP contribution in [0.1, 0.15) is 10.7 Å². The maximum atomic E-state index is 12.3. The summed E-state index contributed by atoms with van der Waals surface area (Å²) in [4.78, 5) is 14.6. The first-order valence-electron chi connectivity index (χ1n) is 8.78. The Hall–Kier alpha value is -3.10. The van der Waals surface area contributed by atoms with Crippen molar-refractivity contribution in [2.24, 2.45) is 0 Å². The van der Waals surface area contributed by atoms with Crippen LogP contribution in [0.5, 0.6) is 0 Å². The monoisotopic (exact) mass is 399 g/mol. The molecule has 9 heteroatoms. The first-order chi connectivity index (χ1) is 13.7. The fraction of sp³-hybridized carbons (Fsp3) is 0.211. The van der Waals surface area contributed by atoms with E-state index in [0.717, 1.165) is 32.0 Å². The van der Waals surface area contributed by atoms with Crippen molar-refractivity contribution in [3.63, 3.8) is 0 Å². The molecule has 0 aliphatic carbocycles. The van der Waals surface area contributed by atoms with E-state index in [1.807, 2.05) is 36.4 Å². The van der Waals surface area contributed by atoms with E-state index in [2.05, 4.69) is 25.7 Å². The third-order valence-corrected chi connectivity index (χ3v) is 4.57. The quantitative estimate of drug-likeness (QED) is 0.677. The van der Waals surface area contributed by atoms with E-state index in [1.54, 1.807) is 12.1 Å². The number of nitrogens with one attached hydrogen (secondary N) is 2. The molecule has 1 aliphatic rings. The molecule has 0 radical (unpaired) electrons. The first kappa shape index (κ1) is 18.3. The highest BCUT2D eigenvalue weighted by Crippen LogP contribution is 2.24. The normalized spacial score (nSPS) is 14.0. The molecule has 2 heterocycles. The van der Waals surface area contributed by atoms with Gasteiger partial charge in [-0.25, -0.2) is 0 Å². The van der Waals surface area contributed by atoms with Gasteiger partial charge in [-0.15, -0.1) is 5.10 Å². The zero-order valence-corrected chi connectivity index (χ0v) is 15.6. The van der Waals surface area contributed by atoms with Crippen molar-refractivity contribution in [3.05, 3.63) is 59.4 Å². The van der Waals surface area contributed by atoms with Gasteiger partial charge in [0.2, 0.25) is 0 Å². The second kappa shape index (κ2) is 8.28. The number of hydrogen-bond donors (Lipinski definition) is 2. The Bertz CT molecular complexity index is 954. The SMILES string of the molecule is O=C(Nc1ccc(N2CCOCC2)cc1)c1nnc(Nc2ccccc2Cl)o1. The molecule has 0 unspecified atom stereocenters. The Morgan fingerprint density at radius 3 is 2.54 bits per heavy atom. The molecular weight excluding hydrogens is 382 g/mol. The van der Waals surface area contributed by atoms with Crippen molar-refractivity contribution in [3.8, 4) is 0 Å². The minimum absolute atomic E-state index is 0.0842. The number of carbonyl (C=O) groups excluding carboxylic acids is 1. The molecular formula is C19H18ClN5O3. The molecule has 1 aromatic heterocycles. The molecule has 4 rings (SSSR count). The number of morpholine rings is 1. The van der Waals surface area contributed by atoms with Gasteiger partial charge >= 0.3 is 17.8 Å². The van der Waals surface area contributed by atoms with Crippen LogP contribution >= 0.6 is 11.6 Å². The van der Waals surface area contributed by atoms with Crippen molar-refractivity contribution in [2.75, 3.05) is 41.8 Å². The minimum Gasteiger partial charge on any atom is -0.399 e. The minimum atomic E-state index is -0.487. The molecule has 2 aromatic carbocycles. The second-order valence-corrected chi connectivity index (χ2v) is 6.52. The Labute approximate surface area is 166 Å². The van der Waals surface area contributed by atoms with Gasteiger partial charge in [-0.1, -0.05) is 28.8 Å². The van der Waals surface area contributed by atoms with Gasteiger partial charge in [0.05, 0.1) is 23.9 Å². The van der Waals surface area contributed by atoms with Gasteiger partial charge in [-0.05, 0) is 36.4 Å². The van der Waals surface area contributed by atoms with Gasteiger partial charge in [0.15, 0.2) is 0 Å². The molecule has 1 saturated heterocycles. The largest absolute Gasteiger partial charge is 0.399 e. The van der Waals surface area contributed by atoms with E-state index in [1.165, 1.54) is 0 Å². The van der Waals surface area contributed by atoms with Crippen LogP contribution in [0.3, 0.4) is 0 Å². The number of hydrogen-bond acceptors (Lipinski definition) is 7. The van der Waals surface area contributed by atoms with Crippen LogP contribution in [0.4, 0.5) is 23.1 Å². The number of benzene rings is 2. The standard InChI is InChI=1S/C19H18ClN5O3/c20-15-3-1-2-4-16(15)22-19-24-23-18(28-19)17(26)21-13-5-7-14(8-6-13)25-9-11-27-12-10-25/h1-8H,9-12H2,(H,21,26)(H,22,24). The number of amides is 1. The van der Waals surface area contributed by atoms with Gasteiger partial charge in [-0.3, -0.25) is 4.79 Å². The molecule has 0 bridgehead atoms. The summed E-state index contributed by atoms with van der Waals surface area (Å²) in [6.07, 6.45) is 0. The average Bonchev–Trinajstić information content (AvgIpc) is 3.20. The number of anilines is 4. The van der Waals surface area contributed by atoms with E-state index in [0.29, 0.717) is 16.4 Å². The summed E-state index contributed by atoms with van der Waals surface area (Å²) in [5.41, 5.74) is 2.34. The lowest BCUT2D eigenvalue weighted by Gasteiger charge is -2.28. The molecule has 1 aliphatic heterocycles. The highest BCUT2D eigenvalue weighted by Gasteiger charge is 2.16. The smallest absolute Gasteiger partial charge is 0.320 e. The van der Waals surface area contributed by atoms with Gasteiger partial charge in [0, 0.05) is 24.5 Å². The average molecular weight is 400 g/mol. The Morgan fingerprint density at radius 2 is 1.79 bits per heavy atom. The number of halogens is 1. The fourth-order valence-electron chi connectivity index (χ4n) is 2.80. The van der Waals surface area contributed by atoms with Crippen LogP contribution in [0.25, 0.3) is 0 Å². The van der Waals surface area contributed by atoms with E-state index in [9.17, 15) is 4.79 Å². The van der Waals surface area contributed by atoms with Crippen molar-refractivity contribution in [1.82, 2.24) is 10.2 Å². The molecule has 1 fully saturated rings. The van der Waals surface area contributed by atoms with Gasteiger partial charge in [0.1, 0.15) is 0 Å². The zero-order chi connectivity index (χ0) is 19.3. The summed E-state index contributed by atoms with van der Waals surface area (Å²) in [5.74, 6) is -0.634. The predicted octanol–water partition coefficient (Wildman–Crippen LogP) is 3.56. The predicted molar refractivity (Wildman–Crippen MR) is 106 cm³/mol. The number of rotatable bonds is 5. The van der Waals surface area contributed by atoms with E-state index in [4.69, 9.17) is 20.8 Å². The van der Waals surface area contributed by atoms with Crippen LogP contribution < -0.4 is 15.5 Å². The lowest BCUT2D eigenvalue weighted by atomic mass is 10.2.